The molecule has 0 aromatic heterocycles. The van der Waals surface area contributed by atoms with E-state index in [0.29, 0.717) is 0 Å². The molecular formula is C21H32N2. The fourth-order valence-corrected chi connectivity index (χ4v) is 5.21. The Morgan fingerprint density at radius 2 is 1.87 bits per heavy atom. The van der Waals surface area contributed by atoms with E-state index in [4.69, 9.17) is 0 Å². The summed E-state index contributed by atoms with van der Waals surface area (Å²) in [6, 6.07) is 7.58. The largest absolute Gasteiger partial charge is 0.317 e. The van der Waals surface area contributed by atoms with Crippen LogP contribution in [0.5, 0.6) is 0 Å². The molecule has 3 aliphatic rings. The van der Waals surface area contributed by atoms with Gasteiger partial charge in [-0.25, -0.2) is 0 Å². The van der Waals surface area contributed by atoms with Crippen molar-refractivity contribution in [2.24, 2.45) is 5.92 Å². The van der Waals surface area contributed by atoms with Gasteiger partial charge in [0.2, 0.25) is 0 Å². The Labute approximate surface area is 141 Å². The van der Waals surface area contributed by atoms with Crippen molar-refractivity contribution in [1.82, 2.24) is 10.2 Å². The van der Waals surface area contributed by atoms with Crippen LogP contribution in [0.3, 0.4) is 0 Å². The van der Waals surface area contributed by atoms with E-state index >= 15 is 0 Å². The Kier molecular flexibility index (Phi) is 4.73. The standard InChI is InChI=1S/C21H32N2/c1-2-23-14-19-13-18(16-5-3-4-6-16)7-8-20(19)21(15-23)17-9-11-22-12-10-17/h7-8,13,16-17,21-22H,2-6,9-12,14-15H2,1H3. The Balaban J connectivity index is 1.62. The summed E-state index contributed by atoms with van der Waals surface area (Å²) >= 11 is 0. The van der Waals surface area contributed by atoms with Crippen LogP contribution < -0.4 is 5.32 Å². The lowest BCUT2D eigenvalue weighted by Crippen LogP contribution is -2.40. The average molecular weight is 313 g/mol. The summed E-state index contributed by atoms with van der Waals surface area (Å²) in [6.07, 6.45) is 8.39. The molecule has 1 saturated carbocycles. The van der Waals surface area contributed by atoms with Crippen LogP contribution in [0.25, 0.3) is 0 Å². The molecule has 1 N–H and O–H groups in total. The lowest BCUT2D eigenvalue weighted by molar-refractivity contribution is 0.191. The fraction of sp³-hybridized carbons (Fsp3) is 0.714. The molecule has 126 valence electrons. The third-order valence-electron chi connectivity index (χ3n) is 6.64. The van der Waals surface area contributed by atoms with Gasteiger partial charge >= 0.3 is 0 Å². The first-order chi connectivity index (χ1) is 11.3. The molecule has 4 rings (SSSR count). The predicted molar refractivity (Wildman–Crippen MR) is 96.9 cm³/mol. The molecule has 2 nitrogen and oxygen atoms in total. The van der Waals surface area contributed by atoms with Gasteiger partial charge < -0.3 is 5.32 Å². The first kappa shape index (κ1) is 15.7. The van der Waals surface area contributed by atoms with Gasteiger partial charge in [-0.2, -0.15) is 0 Å². The lowest BCUT2D eigenvalue weighted by Gasteiger charge is -2.40. The van der Waals surface area contributed by atoms with Gasteiger partial charge in [-0.05, 0) is 79.8 Å². The third-order valence-corrected chi connectivity index (χ3v) is 6.64. The van der Waals surface area contributed by atoms with Crippen molar-refractivity contribution in [3.8, 4) is 0 Å². The van der Waals surface area contributed by atoms with Crippen LogP contribution in [-0.4, -0.2) is 31.1 Å². The summed E-state index contributed by atoms with van der Waals surface area (Å²) in [4.78, 5) is 2.67. The molecule has 0 radical (unpaired) electrons. The van der Waals surface area contributed by atoms with Crippen LogP contribution in [0.4, 0.5) is 0 Å². The number of nitrogens with one attached hydrogen (secondary N) is 1. The number of nitrogens with zero attached hydrogens (tertiary/aromatic N) is 1. The van der Waals surface area contributed by atoms with E-state index in [2.05, 4.69) is 35.3 Å². The lowest BCUT2D eigenvalue weighted by atomic mass is 9.76. The van der Waals surface area contributed by atoms with Gasteiger partial charge in [0.1, 0.15) is 0 Å². The maximum absolute atomic E-state index is 3.54. The maximum Gasteiger partial charge on any atom is 0.0236 e. The molecule has 1 aromatic carbocycles. The molecular weight excluding hydrogens is 280 g/mol. The highest BCUT2D eigenvalue weighted by Crippen LogP contribution is 2.40. The van der Waals surface area contributed by atoms with Crippen molar-refractivity contribution in [1.29, 1.82) is 0 Å². The van der Waals surface area contributed by atoms with E-state index < -0.39 is 0 Å². The van der Waals surface area contributed by atoms with Crippen LogP contribution in [0.1, 0.15) is 74.0 Å². The van der Waals surface area contributed by atoms with Crippen molar-refractivity contribution >= 4 is 0 Å². The molecule has 1 aromatic rings. The molecule has 1 saturated heterocycles. The first-order valence-corrected chi connectivity index (χ1v) is 9.91. The Morgan fingerprint density at radius 1 is 1.09 bits per heavy atom. The van der Waals surface area contributed by atoms with Crippen molar-refractivity contribution in [3.05, 3.63) is 34.9 Å². The normalized spacial score (nSPS) is 27.3. The van der Waals surface area contributed by atoms with E-state index in [-0.39, 0.29) is 0 Å². The van der Waals surface area contributed by atoms with Crippen LogP contribution >= 0.6 is 0 Å². The molecule has 2 heteroatoms. The monoisotopic (exact) mass is 312 g/mol. The predicted octanol–water partition coefficient (Wildman–Crippen LogP) is 4.26. The Bertz CT molecular complexity index is 527. The second-order valence-electron chi connectivity index (χ2n) is 7.96. The number of rotatable bonds is 3. The number of hydrogen-bond donors (Lipinski definition) is 1. The maximum atomic E-state index is 3.54. The number of benzene rings is 1. The van der Waals surface area contributed by atoms with Gasteiger partial charge in [-0.1, -0.05) is 38.0 Å². The smallest absolute Gasteiger partial charge is 0.0236 e. The molecule has 2 heterocycles. The van der Waals surface area contributed by atoms with Gasteiger partial charge in [0.25, 0.3) is 0 Å². The highest BCUT2D eigenvalue weighted by molar-refractivity contribution is 5.38. The van der Waals surface area contributed by atoms with Crippen molar-refractivity contribution in [2.75, 3.05) is 26.2 Å². The summed E-state index contributed by atoms with van der Waals surface area (Å²) in [7, 11) is 0. The highest BCUT2D eigenvalue weighted by atomic mass is 15.1. The van der Waals surface area contributed by atoms with Gasteiger partial charge in [0.05, 0.1) is 0 Å². The van der Waals surface area contributed by atoms with Gasteiger partial charge in [-0.15, -0.1) is 0 Å². The van der Waals surface area contributed by atoms with Gasteiger partial charge in [0, 0.05) is 13.1 Å². The minimum absolute atomic E-state index is 0.762. The second kappa shape index (κ2) is 6.94. The summed E-state index contributed by atoms with van der Waals surface area (Å²) in [5, 5.41) is 3.54. The molecule has 1 atom stereocenters. The SMILES string of the molecule is CCN1Cc2cc(C3CCCC3)ccc2C(C2CCNCC2)C1. The summed E-state index contributed by atoms with van der Waals surface area (Å²) in [5.41, 5.74) is 4.96. The van der Waals surface area contributed by atoms with Crippen molar-refractivity contribution < 1.29 is 0 Å². The van der Waals surface area contributed by atoms with Crippen LogP contribution in [0, 0.1) is 5.92 Å². The second-order valence-corrected chi connectivity index (χ2v) is 7.96. The summed E-state index contributed by atoms with van der Waals surface area (Å²) < 4.78 is 0. The molecule has 23 heavy (non-hydrogen) atoms. The van der Waals surface area contributed by atoms with Gasteiger partial charge in [-0.3, -0.25) is 4.90 Å². The van der Waals surface area contributed by atoms with Crippen LogP contribution in [0.2, 0.25) is 0 Å². The van der Waals surface area contributed by atoms with Gasteiger partial charge in [0.15, 0.2) is 0 Å². The fourth-order valence-electron chi connectivity index (χ4n) is 5.21. The molecule has 2 fully saturated rings. The Morgan fingerprint density at radius 3 is 2.61 bits per heavy atom. The third kappa shape index (κ3) is 3.21. The number of hydrogen-bond acceptors (Lipinski definition) is 2. The Hall–Kier alpha value is -0.860. The van der Waals surface area contributed by atoms with E-state index in [1.807, 2.05) is 0 Å². The first-order valence-electron chi connectivity index (χ1n) is 9.91. The summed E-state index contributed by atoms with van der Waals surface area (Å²) in [5.74, 6) is 2.48. The zero-order valence-electron chi connectivity index (χ0n) is 14.7. The van der Waals surface area contributed by atoms with E-state index in [1.165, 1.54) is 71.2 Å². The zero-order valence-corrected chi connectivity index (χ0v) is 14.7. The number of piperidine rings is 1. The minimum atomic E-state index is 0.762. The topological polar surface area (TPSA) is 15.3 Å². The molecule has 1 unspecified atom stereocenters. The molecule has 0 bridgehead atoms. The number of fused-ring (bicyclic) bond motifs is 1. The van der Waals surface area contributed by atoms with Crippen molar-refractivity contribution in [2.45, 2.75) is 63.8 Å². The van der Waals surface area contributed by atoms with E-state index in [9.17, 15) is 0 Å². The van der Waals surface area contributed by atoms with E-state index in [1.54, 1.807) is 16.7 Å². The molecule has 1 aliphatic carbocycles. The van der Waals surface area contributed by atoms with Crippen LogP contribution in [-0.2, 0) is 6.54 Å². The van der Waals surface area contributed by atoms with Crippen LogP contribution in [0.15, 0.2) is 18.2 Å². The molecule has 0 spiro atoms. The molecule has 0 amide bonds. The average Bonchev–Trinajstić information content (AvgIpc) is 3.15. The minimum Gasteiger partial charge on any atom is -0.317 e. The number of likely N-dealkylation sites (N-methyl/N-ethyl adjacent to an activating group) is 1. The zero-order chi connectivity index (χ0) is 15.6. The van der Waals surface area contributed by atoms with Crippen molar-refractivity contribution in [3.63, 3.8) is 0 Å². The molecule has 2 aliphatic heterocycles. The summed E-state index contributed by atoms with van der Waals surface area (Å²) in [6.45, 7) is 8.39. The quantitative estimate of drug-likeness (QED) is 0.897. The highest BCUT2D eigenvalue weighted by Gasteiger charge is 2.32. The van der Waals surface area contributed by atoms with E-state index in [0.717, 1.165) is 17.8 Å².